The molecule has 7 aromatic carbocycles. The van der Waals surface area contributed by atoms with Gasteiger partial charge in [0.25, 0.3) is 0 Å². The molecule has 1 atom stereocenters. The molecule has 57 heavy (non-hydrogen) atoms. The molecule has 10 aromatic rings. The zero-order valence-electron chi connectivity index (χ0n) is 31.5. The fourth-order valence-corrected chi connectivity index (χ4v) is 10.0. The lowest BCUT2D eigenvalue weighted by Crippen LogP contribution is -2.19. The summed E-state index contributed by atoms with van der Waals surface area (Å²) >= 11 is 0. The molecule has 0 spiro atoms. The average Bonchev–Trinajstić information content (AvgIpc) is 3.93. The number of para-hydroxylation sites is 4. The Morgan fingerprint density at radius 3 is 2.05 bits per heavy atom. The van der Waals surface area contributed by atoms with Gasteiger partial charge >= 0.3 is 0 Å². The SMILES string of the molecule is C1=C(c2ccccc2)CC(c2ccccc2)C=C1N(c1ccc2c3ccccc3n(-c3ccccc3)c2c1)c1cccc2c3c4c(c5ccccc5n4c12)=CCC3. The number of aromatic nitrogens is 2. The van der Waals surface area contributed by atoms with Crippen molar-refractivity contribution in [1.82, 2.24) is 8.97 Å². The van der Waals surface area contributed by atoms with E-state index in [-0.39, 0.29) is 5.92 Å². The van der Waals surface area contributed by atoms with Crippen LogP contribution in [0.5, 0.6) is 0 Å². The van der Waals surface area contributed by atoms with Crippen LogP contribution in [0.3, 0.4) is 0 Å². The fraction of sp³-hybridized carbons (Fsp3) is 0.0741. The number of benzene rings is 7. The Hall–Kier alpha value is -7.10. The first-order valence-corrected chi connectivity index (χ1v) is 20.2. The number of allylic oxidation sites excluding steroid dienone is 3. The summed E-state index contributed by atoms with van der Waals surface area (Å²) in [6.45, 7) is 0. The monoisotopic (exact) mass is 729 g/mol. The van der Waals surface area contributed by atoms with E-state index in [0.717, 1.165) is 30.6 Å². The van der Waals surface area contributed by atoms with Gasteiger partial charge in [-0.3, -0.25) is 0 Å². The molecule has 3 heteroatoms. The Labute approximate surface area is 331 Å². The van der Waals surface area contributed by atoms with Crippen LogP contribution in [0.4, 0.5) is 11.4 Å². The highest BCUT2D eigenvalue weighted by atomic mass is 15.2. The number of hydrogen-bond donors (Lipinski definition) is 0. The first kappa shape index (κ1) is 32.2. The van der Waals surface area contributed by atoms with Crippen molar-refractivity contribution >= 4 is 72.2 Å². The Balaban J connectivity index is 1.19. The number of nitrogens with zero attached hydrogens (tertiary/aromatic N) is 3. The minimum atomic E-state index is 0.202. The van der Waals surface area contributed by atoms with Crippen molar-refractivity contribution in [3.05, 3.63) is 216 Å². The van der Waals surface area contributed by atoms with Gasteiger partial charge in [0.15, 0.2) is 0 Å². The Bertz CT molecular complexity index is 3310. The molecule has 3 heterocycles. The zero-order chi connectivity index (χ0) is 37.5. The second-order valence-electron chi connectivity index (χ2n) is 15.6. The molecule has 0 amide bonds. The van der Waals surface area contributed by atoms with Crippen molar-refractivity contribution < 1.29 is 0 Å². The van der Waals surface area contributed by atoms with Crippen LogP contribution < -0.4 is 10.1 Å². The maximum absolute atomic E-state index is 2.58. The summed E-state index contributed by atoms with van der Waals surface area (Å²) in [5.74, 6) is 0.202. The van der Waals surface area contributed by atoms with Crippen LogP contribution in [0.15, 0.2) is 194 Å². The topological polar surface area (TPSA) is 12.6 Å². The van der Waals surface area contributed by atoms with Crippen LogP contribution in [0.2, 0.25) is 0 Å². The van der Waals surface area contributed by atoms with Crippen LogP contribution in [-0.2, 0) is 6.42 Å². The first-order valence-electron chi connectivity index (χ1n) is 20.2. The molecule has 0 fully saturated rings. The van der Waals surface area contributed by atoms with Crippen molar-refractivity contribution in [3.63, 3.8) is 0 Å². The predicted molar refractivity (Wildman–Crippen MR) is 240 cm³/mol. The summed E-state index contributed by atoms with van der Waals surface area (Å²) in [6, 6.07) is 64.7. The number of fused-ring (bicyclic) bond motifs is 9. The number of anilines is 2. The van der Waals surface area contributed by atoms with Gasteiger partial charge in [0.05, 0.1) is 33.3 Å². The molecule has 3 aromatic heterocycles. The smallest absolute Gasteiger partial charge is 0.0779 e. The van der Waals surface area contributed by atoms with E-state index >= 15 is 0 Å². The number of aryl methyl sites for hydroxylation is 1. The molecule has 270 valence electrons. The number of hydrogen-bond acceptors (Lipinski definition) is 1. The van der Waals surface area contributed by atoms with Crippen LogP contribution >= 0.6 is 0 Å². The highest BCUT2D eigenvalue weighted by molar-refractivity contribution is 6.12. The molecule has 2 aliphatic carbocycles. The maximum atomic E-state index is 2.58. The minimum absolute atomic E-state index is 0.202. The third kappa shape index (κ3) is 4.92. The molecule has 3 nitrogen and oxygen atoms in total. The lowest BCUT2D eigenvalue weighted by molar-refractivity contribution is 0.851. The van der Waals surface area contributed by atoms with Gasteiger partial charge in [-0.1, -0.05) is 146 Å². The highest BCUT2D eigenvalue weighted by Crippen LogP contribution is 2.46. The molecular weight excluding hydrogens is 691 g/mol. The van der Waals surface area contributed by atoms with Crippen LogP contribution in [-0.4, -0.2) is 8.97 Å². The molecule has 2 aliphatic rings. The molecule has 0 radical (unpaired) electrons. The minimum Gasteiger partial charge on any atom is -0.309 e. The van der Waals surface area contributed by atoms with Crippen molar-refractivity contribution in [3.8, 4) is 5.69 Å². The van der Waals surface area contributed by atoms with Crippen molar-refractivity contribution in [2.24, 2.45) is 0 Å². The summed E-state index contributed by atoms with van der Waals surface area (Å²) < 4.78 is 5.01. The third-order valence-electron chi connectivity index (χ3n) is 12.4. The van der Waals surface area contributed by atoms with Gasteiger partial charge in [0.1, 0.15) is 0 Å². The molecule has 0 aliphatic heterocycles. The van der Waals surface area contributed by atoms with E-state index in [9.17, 15) is 0 Å². The van der Waals surface area contributed by atoms with E-state index in [1.807, 2.05) is 0 Å². The Kier molecular flexibility index (Phi) is 7.18. The summed E-state index contributed by atoms with van der Waals surface area (Å²) in [4.78, 5) is 2.56. The quantitative estimate of drug-likeness (QED) is 0.166. The van der Waals surface area contributed by atoms with E-state index in [4.69, 9.17) is 0 Å². The van der Waals surface area contributed by atoms with Crippen LogP contribution in [0.1, 0.15) is 35.4 Å². The second-order valence-corrected chi connectivity index (χ2v) is 15.6. The van der Waals surface area contributed by atoms with Gasteiger partial charge in [0, 0.05) is 49.8 Å². The third-order valence-corrected chi connectivity index (χ3v) is 12.4. The molecule has 0 saturated heterocycles. The van der Waals surface area contributed by atoms with Gasteiger partial charge in [0.2, 0.25) is 0 Å². The standard InChI is InChI=1S/C54H39N3/c1-4-16-36(17-5-1)38-32-39(37-18-6-2-7-19-37)34-42(33-38)55(41-30-31-45-43-22-10-12-27-49(43)56(52(45)35-41)40-20-8-3-9-21-40)51-29-15-26-48-47-25-14-24-46-44-23-11-13-28-50(44)57(53(46)47)54(48)51/h1-13,15-24,26-31,33-35,38H,14,25,32H2. The normalized spacial score (nSPS) is 15.3. The summed E-state index contributed by atoms with van der Waals surface area (Å²) in [5.41, 5.74) is 16.3. The Morgan fingerprint density at radius 1 is 0.544 bits per heavy atom. The van der Waals surface area contributed by atoms with Crippen LogP contribution in [0.25, 0.3) is 66.5 Å². The second kappa shape index (κ2) is 12.7. The number of rotatable bonds is 6. The molecule has 0 saturated carbocycles. The molecule has 12 rings (SSSR count). The summed E-state index contributed by atoms with van der Waals surface area (Å²) in [7, 11) is 0. The zero-order valence-corrected chi connectivity index (χ0v) is 31.5. The van der Waals surface area contributed by atoms with Gasteiger partial charge in [-0.15, -0.1) is 0 Å². The van der Waals surface area contributed by atoms with E-state index < -0.39 is 0 Å². The highest BCUT2D eigenvalue weighted by Gasteiger charge is 2.28. The molecule has 0 N–H and O–H groups in total. The van der Waals surface area contributed by atoms with Gasteiger partial charge in [-0.05, 0) is 90.1 Å². The van der Waals surface area contributed by atoms with Crippen molar-refractivity contribution in [2.45, 2.75) is 25.2 Å². The van der Waals surface area contributed by atoms with Gasteiger partial charge in [-0.25, -0.2) is 0 Å². The molecular formula is C54H39N3. The van der Waals surface area contributed by atoms with Crippen molar-refractivity contribution in [2.75, 3.05) is 4.90 Å². The first-order chi connectivity index (χ1) is 28.3. The van der Waals surface area contributed by atoms with E-state index in [1.54, 1.807) is 0 Å². The summed E-state index contributed by atoms with van der Waals surface area (Å²) in [6.07, 6.45) is 10.5. The largest absolute Gasteiger partial charge is 0.309 e. The van der Waals surface area contributed by atoms with Gasteiger partial charge in [-0.2, -0.15) is 0 Å². The lowest BCUT2D eigenvalue weighted by Gasteiger charge is -2.32. The maximum Gasteiger partial charge on any atom is 0.0779 e. The van der Waals surface area contributed by atoms with Gasteiger partial charge < -0.3 is 13.9 Å². The fourth-order valence-electron chi connectivity index (χ4n) is 10.0. The summed E-state index contributed by atoms with van der Waals surface area (Å²) in [5, 5.41) is 6.55. The molecule has 1 unspecified atom stereocenters. The Morgan fingerprint density at radius 2 is 1.23 bits per heavy atom. The van der Waals surface area contributed by atoms with E-state index in [2.05, 4.69) is 208 Å². The van der Waals surface area contributed by atoms with Crippen molar-refractivity contribution in [1.29, 1.82) is 0 Å². The lowest BCUT2D eigenvalue weighted by atomic mass is 9.84. The average molecular weight is 730 g/mol. The van der Waals surface area contributed by atoms with Crippen LogP contribution in [0, 0.1) is 0 Å². The van der Waals surface area contributed by atoms with E-state index in [1.165, 1.54) is 88.0 Å². The predicted octanol–water partition coefficient (Wildman–Crippen LogP) is 13.1. The van der Waals surface area contributed by atoms with E-state index in [0.29, 0.717) is 0 Å². The molecule has 0 bridgehead atoms.